The molecule has 0 aliphatic heterocycles. The molecule has 0 aromatic heterocycles. The number of ether oxygens (including phenoxy) is 1. The summed E-state index contributed by atoms with van der Waals surface area (Å²) in [5, 5.41) is 3.20. The van der Waals surface area contributed by atoms with Crippen LogP contribution in [0, 0.1) is 0 Å². The van der Waals surface area contributed by atoms with Crippen molar-refractivity contribution >= 4 is 39.1 Å². The summed E-state index contributed by atoms with van der Waals surface area (Å²) >= 11 is 6.07. The second kappa shape index (κ2) is 11.2. The van der Waals surface area contributed by atoms with Gasteiger partial charge in [0.25, 0.3) is 0 Å². The lowest BCUT2D eigenvalue weighted by molar-refractivity contribution is -0.139. The van der Waals surface area contributed by atoms with Crippen LogP contribution in [-0.2, 0) is 26.2 Å². The predicted octanol–water partition coefficient (Wildman–Crippen LogP) is 2.67. The molecule has 0 unspecified atom stereocenters. The molecule has 0 heterocycles. The Morgan fingerprint density at radius 3 is 2.44 bits per heavy atom. The van der Waals surface area contributed by atoms with Crippen LogP contribution < -0.4 is 14.4 Å². The van der Waals surface area contributed by atoms with Crippen LogP contribution in [0.25, 0.3) is 0 Å². The monoisotopic (exact) mass is 481 g/mol. The molecule has 2 amide bonds. The van der Waals surface area contributed by atoms with E-state index in [0.29, 0.717) is 22.9 Å². The topological polar surface area (TPSA) is 96.0 Å². The van der Waals surface area contributed by atoms with E-state index >= 15 is 0 Å². The molecule has 2 rings (SSSR count). The lowest BCUT2D eigenvalue weighted by Gasteiger charge is -2.31. The van der Waals surface area contributed by atoms with Crippen LogP contribution in [0.5, 0.6) is 5.75 Å². The van der Waals surface area contributed by atoms with Crippen molar-refractivity contribution in [3.63, 3.8) is 0 Å². The Morgan fingerprint density at radius 2 is 1.84 bits per heavy atom. The number of halogens is 1. The molecule has 1 N–H and O–H groups in total. The third-order valence-corrected chi connectivity index (χ3v) is 6.16. The van der Waals surface area contributed by atoms with Gasteiger partial charge in [-0.3, -0.25) is 13.9 Å². The van der Waals surface area contributed by atoms with Crippen molar-refractivity contribution in [3.8, 4) is 5.75 Å². The van der Waals surface area contributed by atoms with Crippen molar-refractivity contribution in [1.82, 2.24) is 10.2 Å². The van der Waals surface area contributed by atoms with Gasteiger partial charge in [0.2, 0.25) is 21.8 Å². The lowest BCUT2D eigenvalue weighted by atomic mass is 10.1. The highest BCUT2D eigenvalue weighted by molar-refractivity contribution is 7.92. The van der Waals surface area contributed by atoms with Gasteiger partial charge in [-0.25, -0.2) is 8.42 Å². The largest absolute Gasteiger partial charge is 0.497 e. The van der Waals surface area contributed by atoms with Gasteiger partial charge >= 0.3 is 0 Å². The van der Waals surface area contributed by atoms with Crippen LogP contribution in [0.2, 0.25) is 5.02 Å². The SMILES string of the molecule is CCNC(=O)[C@@H](C)N(Cc1cccc(Cl)c1)C(=O)CN(c1cccc(OC)c1)S(C)(=O)=O. The minimum atomic E-state index is -3.80. The molecule has 10 heteroatoms. The molecule has 0 aliphatic carbocycles. The van der Waals surface area contributed by atoms with Crippen molar-refractivity contribution in [2.24, 2.45) is 0 Å². The number of amides is 2. The summed E-state index contributed by atoms with van der Waals surface area (Å²) in [5.74, 6) is -0.415. The van der Waals surface area contributed by atoms with Crippen LogP contribution >= 0.6 is 11.6 Å². The summed E-state index contributed by atoms with van der Waals surface area (Å²) in [6, 6.07) is 12.5. The molecule has 8 nitrogen and oxygen atoms in total. The number of carbonyl (C=O) groups excluding carboxylic acids is 2. The first kappa shape index (κ1) is 25.5. The zero-order valence-electron chi connectivity index (χ0n) is 18.5. The molecule has 0 bridgehead atoms. The van der Waals surface area contributed by atoms with Gasteiger partial charge < -0.3 is 15.0 Å². The Hall–Kier alpha value is -2.78. The van der Waals surface area contributed by atoms with E-state index in [1.807, 2.05) is 0 Å². The standard InChI is InChI=1S/C22H28ClN3O5S/c1-5-24-22(28)16(2)25(14-17-8-6-9-18(23)12-17)21(27)15-26(32(4,29)30)19-10-7-11-20(13-19)31-3/h6-13,16H,5,14-15H2,1-4H3,(H,24,28)/t16-/m1/s1. The molecular weight excluding hydrogens is 454 g/mol. The zero-order valence-corrected chi connectivity index (χ0v) is 20.1. The van der Waals surface area contributed by atoms with Crippen molar-refractivity contribution < 1.29 is 22.7 Å². The van der Waals surface area contributed by atoms with Crippen LogP contribution in [0.15, 0.2) is 48.5 Å². The van der Waals surface area contributed by atoms with Gasteiger partial charge in [-0.1, -0.05) is 29.8 Å². The number of rotatable bonds is 10. The first-order chi connectivity index (χ1) is 15.1. The number of likely N-dealkylation sites (N-methyl/N-ethyl adjacent to an activating group) is 1. The summed E-state index contributed by atoms with van der Waals surface area (Å²) in [7, 11) is -2.33. The molecule has 2 aromatic rings. The van der Waals surface area contributed by atoms with E-state index in [0.717, 1.165) is 10.6 Å². The number of anilines is 1. The lowest BCUT2D eigenvalue weighted by Crippen LogP contribution is -2.51. The smallest absolute Gasteiger partial charge is 0.244 e. The fourth-order valence-electron chi connectivity index (χ4n) is 3.12. The van der Waals surface area contributed by atoms with E-state index in [1.54, 1.807) is 56.3 Å². The molecule has 0 spiro atoms. The van der Waals surface area contributed by atoms with Gasteiger partial charge in [0.05, 0.1) is 19.1 Å². The van der Waals surface area contributed by atoms with Crippen molar-refractivity contribution in [1.29, 1.82) is 0 Å². The maximum Gasteiger partial charge on any atom is 0.244 e. The Kier molecular flexibility index (Phi) is 8.91. The Morgan fingerprint density at radius 1 is 1.16 bits per heavy atom. The highest BCUT2D eigenvalue weighted by atomic mass is 35.5. The first-order valence-corrected chi connectivity index (χ1v) is 12.2. The number of hydrogen-bond donors (Lipinski definition) is 1. The molecule has 1 atom stereocenters. The molecule has 0 saturated heterocycles. The van der Waals surface area contributed by atoms with Crippen molar-refractivity contribution in [2.45, 2.75) is 26.4 Å². The van der Waals surface area contributed by atoms with E-state index in [-0.39, 0.29) is 18.1 Å². The van der Waals surface area contributed by atoms with Gasteiger partial charge in [0, 0.05) is 24.2 Å². The molecule has 0 fully saturated rings. The van der Waals surface area contributed by atoms with Gasteiger partial charge in [0.1, 0.15) is 18.3 Å². The van der Waals surface area contributed by atoms with E-state index < -0.39 is 28.5 Å². The Bertz CT molecular complexity index is 1060. The molecule has 2 aromatic carbocycles. The number of carbonyl (C=O) groups is 2. The molecule has 32 heavy (non-hydrogen) atoms. The predicted molar refractivity (Wildman–Crippen MR) is 125 cm³/mol. The Labute approximate surface area is 194 Å². The molecule has 0 radical (unpaired) electrons. The number of sulfonamides is 1. The first-order valence-electron chi connectivity index (χ1n) is 10.00. The number of benzene rings is 2. The maximum atomic E-state index is 13.3. The summed E-state index contributed by atoms with van der Waals surface area (Å²) in [4.78, 5) is 27.2. The van der Waals surface area contributed by atoms with Crippen LogP contribution in [0.4, 0.5) is 5.69 Å². The van der Waals surface area contributed by atoms with Crippen molar-refractivity contribution in [2.75, 3.05) is 30.8 Å². The average molecular weight is 482 g/mol. The highest BCUT2D eigenvalue weighted by Gasteiger charge is 2.30. The number of nitrogens with zero attached hydrogens (tertiary/aromatic N) is 2. The average Bonchev–Trinajstić information content (AvgIpc) is 2.74. The summed E-state index contributed by atoms with van der Waals surface area (Å²) < 4.78 is 31.2. The van der Waals surface area contributed by atoms with Crippen molar-refractivity contribution in [3.05, 3.63) is 59.1 Å². The quantitative estimate of drug-likeness (QED) is 0.562. The number of methoxy groups -OCH3 is 1. The molecule has 0 aliphatic rings. The number of hydrogen-bond acceptors (Lipinski definition) is 5. The van der Waals surface area contributed by atoms with Gasteiger partial charge in [-0.2, -0.15) is 0 Å². The zero-order chi connectivity index (χ0) is 23.9. The molecular formula is C22H28ClN3O5S. The fraction of sp³-hybridized carbons (Fsp3) is 0.364. The molecule has 174 valence electrons. The van der Waals surface area contributed by atoms with E-state index in [4.69, 9.17) is 16.3 Å². The normalized spacial score (nSPS) is 12.0. The van der Waals surface area contributed by atoms with E-state index in [1.165, 1.54) is 18.1 Å². The minimum absolute atomic E-state index is 0.0907. The summed E-state index contributed by atoms with van der Waals surface area (Å²) in [5.41, 5.74) is 1.00. The van der Waals surface area contributed by atoms with Gasteiger partial charge in [-0.15, -0.1) is 0 Å². The minimum Gasteiger partial charge on any atom is -0.497 e. The third-order valence-electron chi connectivity index (χ3n) is 4.78. The summed E-state index contributed by atoms with van der Waals surface area (Å²) in [6.07, 6.45) is 1.02. The maximum absolute atomic E-state index is 13.3. The fourth-order valence-corrected chi connectivity index (χ4v) is 4.17. The van der Waals surface area contributed by atoms with E-state index in [9.17, 15) is 18.0 Å². The van der Waals surface area contributed by atoms with Crippen LogP contribution in [0.1, 0.15) is 19.4 Å². The van der Waals surface area contributed by atoms with Gasteiger partial charge in [0.15, 0.2) is 0 Å². The number of nitrogens with one attached hydrogen (secondary N) is 1. The second-order valence-corrected chi connectivity index (χ2v) is 9.54. The second-order valence-electron chi connectivity index (χ2n) is 7.19. The van der Waals surface area contributed by atoms with Gasteiger partial charge in [-0.05, 0) is 43.7 Å². The van der Waals surface area contributed by atoms with Crippen LogP contribution in [-0.4, -0.2) is 57.6 Å². The van der Waals surface area contributed by atoms with E-state index in [2.05, 4.69) is 5.32 Å². The molecule has 0 saturated carbocycles. The summed E-state index contributed by atoms with van der Waals surface area (Å²) in [6.45, 7) is 3.40. The highest BCUT2D eigenvalue weighted by Crippen LogP contribution is 2.24. The van der Waals surface area contributed by atoms with Crippen LogP contribution in [0.3, 0.4) is 0 Å². The third kappa shape index (κ3) is 6.86. The Balaban J connectivity index is 2.39.